The lowest BCUT2D eigenvalue weighted by molar-refractivity contribution is -0.111. The zero-order valence-electron chi connectivity index (χ0n) is 19.6. The molecule has 1 amide bonds. The average Bonchev–Trinajstić information content (AvgIpc) is 2.86. The normalized spacial score (nSPS) is 11.1. The van der Waals surface area contributed by atoms with Crippen LogP contribution in [0.3, 0.4) is 0 Å². The Labute approximate surface area is 212 Å². The number of carbonyl (C=O) groups is 1. The van der Waals surface area contributed by atoms with E-state index in [9.17, 15) is 14.4 Å². The van der Waals surface area contributed by atoms with Crippen molar-refractivity contribution in [3.63, 3.8) is 0 Å². The number of likely N-dealkylation sites (N-methyl/N-ethyl adjacent to an activating group) is 1. The van der Waals surface area contributed by atoms with Crippen LogP contribution in [-0.2, 0) is 4.79 Å². The molecule has 3 aromatic carbocycles. The molecular weight excluding hydrogens is 479 g/mol. The number of hydrogen-bond donors (Lipinski definition) is 2. The number of nitrogens with one attached hydrogen (secondary N) is 2. The Hall–Kier alpha value is -4.32. The van der Waals surface area contributed by atoms with Crippen molar-refractivity contribution in [1.82, 2.24) is 14.9 Å². The number of fused-ring (bicyclic) bond motifs is 1. The zero-order valence-corrected chi connectivity index (χ0v) is 20.3. The van der Waals surface area contributed by atoms with Crippen LogP contribution in [-0.4, -0.2) is 41.4 Å². The number of nitrogens with zero attached hydrogens (tertiary/aromatic N) is 4. The lowest BCUT2D eigenvalue weighted by Gasteiger charge is -2.17. The molecule has 0 radical (unpaired) electrons. The van der Waals surface area contributed by atoms with Gasteiger partial charge in [0.15, 0.2) is 0 Å². The number of anilines is 3. The summed E-state index contributed by atoms with van der Waals surface area (Å²) < 4.78 is 13.7. The summed E-state index contributed by atoms with van der Waals surface area (Å²) in [5.41, 5.74) is 3.45. The van der Waals surface area contributed by atoms with Crippen LogP contribution in [0.2, 0.25) is 5.02 Å². The van der Waals surface area contributed by atoms with Gasteiger partial charge < -0.3 is 15.5 Å². The molecule has 0 spiro atoms. The molecule has 2 N–H and O–H groups in total. The summed E-state index contributed by atoms with van der Waals surface area (Å²) in [6.07, 6.45) is 4.65. The topological polar surface area (TPSA) is 93.9 Å². The van der Waals surface area contributed by atoms with Crippen LogP contribution in [0.25, 0.3) is 22.0 Å². The summed E-state index contributed by atoms with van der Waals surface area (Å²) in [6, 6.07) is 17.0. The number of benzene rings is 3. The number of halogens is 2. The molecule has 0 aliphatic carbocycles. The predicted octanol–water partition coefficient (Wildman–Crippen LogP) is 5.76. The van der Waals surface area contributed by atoms with E-state index in [0.29, 0.717) is 51.3 Å². The number of carbonyl (C=O) groups excluding carboxylic acids is 1. The summed E-state index contributed by atoms with van der Waals surface area (Å²) in [5, 5.41) is 16.2. The van der Waals surface area contributed by atoms with Crippen molar-refractivity contribution in [2.24, 2.45) is 0 Å². The van der Waals surface area contributed by atoms with Crippen molar-refractivity contribution < 1.29 is 9.18 Å². The summed E-state index contributed by atoms with van der Waals surface area (Å²) >= 11 is 5.97. The molecule has 0 fully saturated rings. The molecule has 4 rings (SSSR count). The Morgan fingerprint density at radius 3 is 2.75 bits per heavy atom. The lowest BCUT2D eigenvalue weighted by atomic mass is 9.97. The third kappa shape index (κ3) is 5.66. The van der Waals surface area contributed by atoms with E-state index in [0.717, 1.165) is 0 Å². The smallest absolute Gasteiger partial charge is 0.248 e. The summed E-state index contributed by atoms with van der Waals surface area (Å²) in [5.74, 6) is -0.402. The number of nitriles is 1. The van der Waals surface area contributed by atoms with Crippen LogP contribution in [0.15, 0.2) is 73.1 Å². The first kappa shape index (κ1) is 24.8. The second-order valence-electron chi connectivity index (χ2n) is 8.20. The molecule has 0 unspecified atom stereocenters. The monoisotopic (exact) mass is 500 g/mol. The van der Waals surface area contributed by atoms with Gasteiger partial charge in [-0.3, -0.25) is 4.79 Å². The van der Waals surface area contributed by atoms with Gasteiger partial charge in [-0.25, -0.2) is 14.4 Å². The van der Waals surface area contributed by atoms with Crippen molar-refractivity contribution >= 4 is 45.6 Å². The Kier molecular flexibility index (Phi) is 7.54. The van der Waals surface area contributed by atoms with E-state index in [1.807, 2.05) is 25.1 Å². The summed E-state index contributed by atoms with van der Waals surface area (Å²) in [4.78, 5) is 23.5. The fraction of sp³-hybridized carbons (Fsp3) is 0.111. The maximum atomic E-state index is 13.7. The highest BCUT2D eigenvalue weighted by atomic mass is 35.5. The van der Waals surface area contributed by atoms with Gasteiger partial charge in [0.2, 0.25) is 5.91 Å². The molecular formula is C27H22ClFN6O. The lowest BCUT2D eigenvalue weighted by Crippen LogP contribution is -2.13. The van der Waals surface area contributed by atoms with Gasteiger partial charge in [0, 0.05) is 29.6 Å². The molecule has 0 saturated carbocycles. The second kappa shape index (κ2) is 11.0. The van der Waals surface area contributed by atoms with E-state index < -0.39 is 5.82 Å². The Balaban J connectivity index is 1.88. The van der Waals surface area contributed by atoms with Gasteiger partial charge in [-0.2, -0.15) is 5.26 Å². The first-order chi connectivity index (χ1) is 17.4. The van der Waals surface area contributed by atoms with E-state index in [2.05, 4.69) is 26.7 Å². The number of hydrogen-bond acceptors (Lipinski definition) is 6. The molecule has 0 aliphatic rings. The number of aromatic nitrogens is 2. The standard InChI is InChI=1S/C27H22ClFN6O/c1-35(2)12-4-7-24(36)34-23-11-10-22-26(25(23)18-6-3-5-17(13-18)15-30)27(32-16-31-22)33-19-8-9-21(29)20(28)14-19/h3-11,13-14,16H,12H2,1-2H3,(H,34,36)(H,31,32,33)/b7-4+. The van der Waals surface area contributed by atoms with Crippen molar-refractivity contribution in [2.45, 2.75) is 0 Å². The fourth-order valence-corrected chi connectivity index (χ4v) is 3.83. The highest BCUT2D eigenvalue weighted by Gasteiger charge is 2.17. The second-order valence-corrected chi connectivity index (χ2v) is 8.61. The van der Waals surface area contributed by atoms with Crippen LogP contribution in [0.5, 0.6) is 0 Å². The van der Waals surface area contributed by atoms with Gasteiger partial charge >= 0.3 is 0 Å². The molecule has 0 bridgehead atoms. The summed E-state index contributed by atoms with van der Waals surface area (Å²) in [7, 11) is 3.82. The molecule has 4 aromatic rings. The molecule has 1 aromatic heterocycles. The van der Waals surface area contributed by atoms with Crippen LogP contribution in [0, 0.1) is 17.1 Å². The van der Waals surface area contributed by atoms with E-state index in [-0.39, 0.29) is 10.9 Å². The largest absolute Gasteiger partial charge is 0.340 e. The highest BCUT2D eigenvalue weighted by Crippen LogP contribution is 2.39. The van der Waals surface area contributed by atoms with Crippen LogP contribution < -0.4 is 10.6 Å². The quantitative estimate of drug-likeness (QED) is 0.313. The van der Waals surface area contributed by atoms with Crippen molar-refractivity contribution in [1.29, 1.82) is 5.26 Å². The molecule has 36 heavy (non-hydrogen) atoms. The van der Waals surface area contributed by atoms with Crippen LogP contribution in [0.4, 0.5) is 21.6 Å². The molecule has 1 heterocycles. The van der Waals surface area contributed by atoms with Crippen LogP contribution >= 0.6 is 11.6 Å². The SMILES string of the molecule is CN(C)C/C=C/C(=O)Nc1ccc2ncnc(Nc3ccc(F)c(Cl)c3)c2c1-c1cccc(C#N)c1. The minimum atomic E-state index is -0.531. The first-order valence-corrected chi connectivity index (χ1v) is 11.4. The minimum Gasteiger partial charge on any atom is -0.340 e. The van der Waals surface area contributed by atoms with E-state index in [4.69, 9.17) is 11.6 Å². The fourth-order valence-electron chi connectivity index (χ4n) is 3.65. The van der Waals surface area contributed by atoms with E-state index >= 15 is 0 Å². The van der Waals surface area contributed by atoms with E-state index in [1.54, 1.807) is 42.5 Å². The van der Waals surface area contributed by atoms with Crippen LogP contribution in [0.1, 0.15) is 5.56 Å². The Morgan fingerprint density at radius 1 is 1.17 bits per heavy atom. The average molecular weight is 501 g/mol. The molecule has 0 saturated heterocycles. The van der Waals surface area contributed by atoms with Gasteiger partial charge in [0.25, 0.3) is 0 Å². The molecule has 180 valence electrons. The van der Waals surface area contributed by atoms with Gasteiger partial charge in [0.1, 0.15) is 18.0 Å². The predicted molar refractivity (Wildman–Crippen MR) is 141 cm³/mol. The minimum absolute atomic E-state index is 0.0298. The first-order valence-electron chi connectivity index (χ1n) is 11.0. The van der Waals surface area contributed by atoms with Crippen molar-refractivity contribution in [3.05, 3.63) is 89.5 Å². The van der Waals surface area contributed by atoms with Gasteiger partial charge in [-0.1, -0.05) is 29.8 Å². The van der Waals surface area contributed by atoms with E-state index in [1.165, 1.54) is 24.5 Å². The zero-order chi connectivity index (χ0) is 25.7. The van der Waals surface area contributed by atoms with Gasteiger partial charge in [0.05, 0.1) is 27.6 Å². The van der Waals surface area contributed by atoms with Gasteiger partial charge in [-0.05, 0) is 62.1 Å². The number of rotatable bonds is 7. The molecule has 0 aliphatic heterocycles. The van der Waals surface area contributed by atoms with Gasteiger partial charge in [-0.15, -0.1) is 0 Å². The third-order valence-corrected chi connectivity index (χ3v) is 5.55. The highest BCUT2D eigenvalue weighted by molar-refractivity contribution is 6.31. The number of amides is 1. The third-order valence-electron chi connectivity index (χ3n) is 5.26. The maximum absolute atomic E-state index is 13.7. The summed E-state index contributed by atoms with van der Waals surface area (Å²) in [6.45, 7) is 0.615. The molecule has 0 atom stereocenters. The Bertz CT molecular complexity index is 1510. The molecule has 9 heteroatoms. The van der Waals surface area contributed by atoms with Crippen molar-refractivity contribution in [2.75, 3.05) is 31.3 Å². The van der Waals surface area contributed by atoms with Crippen molar-refractivity contribution in [3.8, 4) is 17.2 Å². The Morgan fingerprint density at radius 2 is 2.00 bits per heavy atom. The molecule has 7 nitrogen and oxygen atoms in total. The maximum Gasteiger partial charge on any atom is 0.248 e.